The van der Waals surface area contributed by atoms with Crippen LogP contribution in [0.1, 0.15) is 36.5 Å². The molecule has 7 heteroatoms. The van der Waals surface area contributed by atoms with Gasteiger partial charge >= 0.3 is 0 Å². The number of nitrogens with one attached hydrogen (secondary N) is 1. The van der Waals surface area contributed by atoms with E-state index in [0.29, 0.717) is 29.1 Å². The molecule has 2 aromatic rings. The fraction of sp³-hybridized carbons (Fsp3) is 0.471. The normalized spacial score (nSPS) is 18.3. The third kappa shape index (κ3) is 4.30. The van der Waals surface area contributed by atoms with Crippen molar-refractivity contribution in [1.82, 2.24) is 15.1 Å². The molecular formula is C17H22N4O2S. The van der Waals surface area contributed by atoms with Gasteiger partial charge in [0, 0.05) is 12.6 Å². The highest BCUT2D eigenvalue weighted by Crippen LogP contribution is 2.21. The second-order valence-corrected chi connectivity index (χ2v) is 6.76. The van der Waals surface area contributed by atoms with Crippen LogP contribution >= 0.6 is 11.3 Å². The van der Waals surface area contributed by atoms with Gasteiger partial charge in [-0.2, -0.15) is 0 Å². The molecule has 1 fully saturated rings. The van der Waals surface area contributed by atoms with E-state index in [-0.39, 0.29) is 5.91 Å². The lowest BCUT2D eigenvalue weighted by Crippen LogP contribution is -2.40. The second-order valence-electron chi connectivity index (χ2n) is 5.92. The number of carbonyl (C=O) groups is 1. The molecule has 1 aromatic carbocycles. The van der Waals surface area contributed by atoms with Crippen molar-refractivity contribution in [1.29, 1.82) is 0 Å². The van der Waals surface area contributed by atoms with Crippen LogP contribution in [0, 0.1) is 0 Å². The molecule has 1 aromatic heterocycles. The molecule has 24 heavy (non-hydrogen) atoms. The zero-order valence-electron chi connectivity index (χ0n) is 13.8. The molecule has 0 unspecified atom stereocenters. The molecule has 6 nitrogen and oxygen atoms in total. The van der Waals surface area contributed by atoms with Gasteiger partial charge in [-0.15, -0.1) is 10.2 Å². The zero-order chi connectivity index (χ0) is 16.8. The van der Waals surface area contributed by atoms with Crippen molar-refractivity contribution in [2.24, 2.45) is 0 Å². The first-order valence-electron chi connectivity index (χ1n) is 8.27. The predicted octanol–water partition coefficient (Wildman–Crippen LogP) is 3.04. The number of nitrogens with zero attached hydrogens (tertiary/aromatic N) is 3. The second kappa shape index (κ2) is 8.21. The molecule has 1 N–H and O–H groups in total. The number of likely N-dealkylation sites (tertiary alicyclic amines) is 1. The first kappa shape index (κ1) is 16.9. The Hall–Kier alpha value is -1.99. The molecule has 1 amide bonds. The Kier molecular flexibility index (Phi) is 5.77. The summed E-state index contributed by atoms with van der Waals surface area (Å²) in [7, 11) is 0. The van der Waals surface area contributed by atoms with Crippen molar-refractivity contribution in [3.05, 3.63) is 35.3 Å². The summed E-state index contributed by atoms with van der Waals surface area (Å²) in [5.41, 5.74) is 2.09. The Labute approximate surface area is 145 Å². The Balaban J connectivity index is 1.58. The van der Waals surface area contributed by atoms with Crippen LogP contribution in [-0.4, -0.2) is 46.7 Å². The Morgan fingerprint density at radius 2 is 2.29 bits per heavy atom. The van der Waals surface area contributed by atoms with Crippen LogP contribution in [0.15, 0.2) is 29.8 Å². The molecule has 1 atom stereocenters. The topological polar surface area (TPSA) is 67.3 Å². The molecule has 0 bridgehead atoms. The summed E-state index contributed by atoms with van der Waals surface area (Å²) in [6, 6.07) is 7.90. The minimum Gasteiger partial charge on any atom is -0.491 e. The molecule has 0 aliphatic carbocycles. The first-order valence-corrected chi connectivity index (χ1v) is 9.15. The lowest BCUT2D eigenvalue weighted by molar-refractivity contribution is 0.101. The van der Waals surface area contributed by atoms with E-state index in [1.54, 1.807) is 11.6 Å². The number of carbonyl (C=O) groups excluding carboxylic acids is 1. The van der Waals surface area contributed by atoms with E-state index in [0.717, 1.165) is 13.1 Å². The van der Waals surface area contributed by atoms with Gasteiger partial charge in [-0.1, -0.05) is 29.9 Å². The summed E-state index contributed by atoms with van der Waals surface area (Å²) < 4.78 is 5.89. The molecule has 1 saturated heterocycles. The van der Waals surface area contributed by atoms with E-state index >= 15 is 0 Å². The van der Waals surface area contributed by atoms with Gasteiger partial charge in [-0.05, 0) is 38.4 Å². The van der Waals surface area contributed by atoms with E-state index < -0.39 is 0 Å². The molecule has 1 aliphatic heterocycles. The Morgan fingerprint density at radius 3 is 3.08 bits per heavy atom. The predicted molar refractivity (Wildman–Crippen MR) is 94.7 cm³/mol. The molecule has 0 saturated carbocycles. The number of hydrogen-bond acceptors (Lipinski definition) is 6. The summed E-state index contributed by atoms with van der Waals surface area (Å²) in [5.74, 6) is 0.373. The highest BCUT2D eigenvalue weighted by atomic mass is 32.1. The number of hydrogen-bond donors (Lipinski definition) is 1. The van der Waals surface area contributed by atoms with Crippen LogP contribution in [0.25, 0.3) is 0 Å². The highest BCUT2D eigenvalue weighted by molar-refractivity contribution is 7.13. The van der Waals surface area contributed by atoms with Crippen LogP contribution in [0.3, 0.4) is 0 Å². The van der Waals surface area contributed by atoms with Gasteiger partial charge in [0.05, 0.1) is 5.56 Å². The number of ether oxygens (including phenoxy) is 1. The van der Waals surface area contributed by atoms with Crippen LogP contribution in [-0.2, 0) is 0 Å². The smallest absolute Gasteiger partial charge is 0.261 e. The van der Waals surface area contributed by atoms with Crippen LogP contribution in [0.2, 0.25) is 0 Å². The maximum Gasteiger partial charge on any atom is 0.261 e. The minimum absolute atomic E-state index is 0.228. The van der Waals surface area contributed by atoms with E-state index in [4.69, 9.17) is 4.74 Å². The van der Waals surface area contributed by atoms with Gasteiger partial charge in [0.2, 0.25) is 5.13 Å². The number of para-hydroxylation sites is 1. The molecule has 128 valence electrons. The summed E-state index contributed by atoms with van der Waals surface area (Å²) in [6.07, 6.45) is 3.82. The van der Waals surface area contributed by atoms with E-state index in [2.05, 4.69) is 27.3 Å². The van der Waals surface area contributed by atoms with Crippen molar-refractivity contribution < 1.29 is 9.53 Å². The van der Waals surface area contributed by atoms with Gasteiger partial charge in [0.15, 0.2) is 0 Å². The lowest BCUT2D eigenvalue weighted by Gasteiger charge is -2.33. The van der Waals surface area contributed by atoms with Gasteiger partial charge in [0.25, 0.3) is 5.91 Å². The Bertz CT molecular complexity index is 662. The van der Waals surface area contributed by atoms with E-state index in [1.807, 2.05) is 18.2 Å². The van der Waals surface area contributed by atoms with Crippen molar-refractivity contribution in [3.63, 3.8) is 0 Å². The van der Waals surface area contributed by atoms with Crippen LogP contribution in [0.5, 0.6) is 5.75 Å². The number of piperidine rings is 1. The number of rotatable bonds is 6. The maximum atomic E-state index is 12.4. The highest BCUT2D eigenvalue weighted by Gasteiger charge is 2.18. The van der Waals surface area contributed by atoms with Crippen molar-refractivity contribution >= 4 is 22.4 Å². The number of anilines is 1. The average Bonchev–Trinajstić information content (AvgIpc) is 3.10. The van der Waals surface area contributed by atoms with E-state index in [1.165, 1.54) is 30.6 Å². The number of aromatic nitrogens is 2. The fourth-order valence-corrected chi connectivity index (χ4v) is 3.37. The summed E-state index contributed by atoms with van der Waals surface area (Å²) in [5, 5.41) is 10.8. The lowest BCUT2D eigenvalue weighted by atomic mass is 10.0. The molecule has 0 spiro atoms. The molecule has 3 rings (SSSR count). The van der Waals surface area contributed by atoms with Crippen molar-refractivity contribution in [3.8, 4) is 5.75 Å². The molecule has 0 radical (unpaired) electrons. The third-order valence-electron chi connectivity index (χ3n) is 4.29. The standard InChI is InChI=1S/C17H22N4O2S/c1-13-6-4-5-9-21(13)10-11-23-15-8-3-2-7-14(15)16(22)19-17-20-18-12-24-17/h2-3,7-8,12-13H,4-6,9-11H2,1H3,(H,19,20,22)/t13-/m1/s1. The molecule has 1 aliphatic rings. The third-order valence-corrected chi connectivity index (χ3v) is 4.90. The number of amides is 1. The van der Waals surface area contributed by atoms with Gasteiger partial charge in [-0.25, -0.2) is 0 Å². The zero-order valence-corrected chi connectivity index (χ0v) is 14.6. The monoisotopic (exact) mass is 346 g/mol. The number of benzene rings is 1. The van der Waals surface area contributed by atoms with Crippen LogP contribution in [0.4, 0.5) is 5.13 Å². The fourth-order valence-electron chi connectivity index (χ4n) is 2.93. The minimum atomic E-state index is -0.228. The summed E-state index contributed by atoms with van der Waals surface area (Å²) >= 11 is 1.29. The van der Waals surface area contributed by atoms with Crippen LogP contribution < -0.4 is 10.1 Å². The molecule has 2 heterocycles. The maximum absolute atomic E-state index is 12.4. The van der Waals surface area contributed by atoms with Crippen molar-refractivity contribution in [2.45, 2.75) is 32.2 Å². The van der Waals surface area contributed by atoms with Gasteiger partial charge in [-0.3, -0.25) is 15.0 Å². The Morgan fingerprint density at radius 1 is 1.42 bits per heavy atom. The van der Waals surface area contributed by atoms with Gasteiger partial charge in [0.1, 0.15) is 17.9 Å². The quantitative estimate of drug-likeness (QED) is 0.871. The first-order chi connectivity index (χ1) is 11.7. The van der Waals surface area contributed by atoms with Crippen molar-refractivity contribution in [2.75, 3.05) is 25.0 Å². The van der Waals surface area contributed by atoms with Gasteiger partial charge < -0.3 is 4.74 Å². The largest absolute Gasteiger partial charge is 0.491 e. The SMILES string of the molecule is C[C@@H]1CCCCN1CCOc1ccccc1C(=O)Nc1nncs1. The summed E-state index contributed by atoms with van der Waals surface area (Å²) in [4.78, 5) is 14.8. The van der Waals surface area contributed by atoms with E-state index in [9.17, 15) is 4.79 Å². The average molecular weight is 346 g/mol. The molecular weight excluding hydrogens is 324 g/mol. The summed E-state index contributed by atoms with van der Waals surface area (Å²) in [6.45, 7) is 4.85.